The first-order valence-electron chi connectivity index (χ1n) is 17.0. The number of rotatable bonds is 3. The summed E-state index contributed by atoms with van der Waals surface area (Å²) in [5.74, 6) is 0.396. The van der Waals surface area contributed by atoms with E-state index in [1.54, 1.807) is 0 Å². The van der Waals surface area contributed by atoms with Crippen LogP contribution in [0.5, 0.6) is 0 Å². The maximum absolute atomic E-state index is 4.84. The Balaban J connectivity index is 1.10. The third-order valence-electron chi connectivity index (χ3n) is 11.1. The molecule has 0 radical (unpaired) electrons. The molecule has 0 spiro atoms. The van der Waals surface area contributed by atoms with Crippen molar-refractivity contribution in [2.45, 2.75) is 25.7 Å². The van der Waals surface area contributed by atoms with Gasteiger partial charge in [-0.15, -0.1) is 0 Å². The minimum Gasteiger partial charge on any atom is -0.309 e. The van der Waals surface area contributed by atoms with Gasteiger partial charge in [0.1, 0.15) is 0 Å². The summed E-state index contributed by atoms with van der Waals surface area (Å²) in [5, 5.41) is 6.26. The normalized spacial score (nSPS) is 16.7. The highest BCUT2D eigenvalue weighted by atomic mass is 15.0. The summed E-state index contributed by atoms with van der Waals surface area (Å²) in [5.41, 5.74) is 14.2. The van der Waals surface area contributed by atoms with Gasteiger partial charge in [0, 0.05) is 33.4 Å². The highest BCUT2D eigenvalue weighted by molar-refractivity contribution is 6.12. The van der Waals surface area contributed by atoms with E-state index in [0.717, 1.165) is 11.9 Å². The molecule has 2 aromatic heterocycles. The van der Waals surface area contributed by atoms with Crippen LogP contribution < -0.4 is 0 Å². The van der Waals surface area contributed by atoms with Crippen LogP contribution in [0.15, 0.2) is 152 Å². The highest BCUT2D eigenvalue weighted by Gasteiger charge is 2.44. The average Bonchev–Trinajstić information content (AvgIpc) is 3.59. The molecule has 2 nitrogen and oxygen atoms in total. The number of hydrogen-bond acceptors (Lipinski definition) is 1. The fraction of sp³-hybridized carbons (Fsp3) is 0.109. The van der Waals surface area contributed by atoms with Gasteiger partial charge in [-0.25, -0.2) is 0 Å². The first kappa shape index (κ1) is 27.4. The Labute approximate surface area is 280 Å². The topological polar surface area (TPSA) is 17.8 Å². The molecule has 0 N–H and O–H groups in total. The second kappa shape index (κ2) is 10.1. The van der Waals surface area contributed by atoms with Gasteiger partial charge in [-0.2, -0.15) is 0 Å². The third kappa shape index (κ3) is 3.89. The second-order valence-corrected chi connectivity index (χ2v) is 14.0. The molecule has 6 aromatic carbocycles. The summed E-state index contributed by atoms with van der Waals surface area (Å²) in [4.78, 5) is 4.84. The third-order valence-corrected chi connectivity index (χ3v) is 11.1. The molecule has 0 aliphatic heterocycles. The molecule has 2 aliphatic carbocycles. The number of nitrogens with zero attached hydrogens (tertiary/aromatic N) is 2. The highest BCUT2D eigenvalue weighted by Crippen LogP contribution is 2.56. The van der Waals surface area contributed by atoms with Crippen LogP contribution in [0.4, 0.5) is 0 Å². The quantitative estimate of drug-likeness (QED) is 0.181. The Kier molecular flexibility index (Phi) is 5.78. The van der Waals surface area contributed by atoms with E-state index in [-0.39, 0.29) is 5.41 Å². The van der Waals surface area contributed by atoms with E-state index in [0.29, 0.717) is 5.92 Å². The SMILES string of the molecule is CC1(C)c2cc(-n3c4ccccc4c4cc(-c5ccccc5)ccc43)ccc2C2=CC=C(c3cccc4ccc5cccnc5c34)CC21. The van der Waals surface area contributed by atoms with Crippen molar-refractivity contribution in [3.05, 3.63) is 168 Å². The van der Waals surface area contributed by atoms with Gasteiger partial charge < -0.3 is 4.57 Å². The lowest BCUT2D eigenvalue weighted by Crippen LogP contribution is -2.25. The van der Waals surface area contributed by atoms with Crippen molar-refractivity contribution in [1.29, 1.82) is 0 Å². The Morgan fingerprint density at radius 2 is 1.44 bits per heavy atom. The lowest BCUT2D eigenvalue weighted by Gasteiger charge is -2.32. The van der Waals surface area contributed by atoms with Crippen molar-refractivity contribution < 1.29 is 0 Å². The molecular weight excluding hydrogens is 581 g/mol. The summed E-state index contributed by atoms with van der Waals surface area (Å²) < 4.78 is 2.46. The van der Waals surface area contributed by atoms with E-state index in [1.807, 2.05) is 12.3 Å². The van der Waals surface area contributed by atoms with Crippen molar-refractivity contribution in [3.8, 4) is 16.8 Å². The molecule has 2 heteroatoms. The molecule has 2 aliphatic rings. The van der Waals surface area contributed by atoms with Gasteiger partial charge in [0.25, 0.3) is 0 Å². The zero-order chi connectivity index (χ0) is 32.0. The number of allylic oxidation sites excluding steroid dienone is 4. The van der Waals surface area contributed by atoms with Gasteiger partial charge in [-0.1, -0.05) is 123 Å². The molecule has 1 atom stereocenters. The zero-order valence-corrected chi connectivity index (χ0v) is 27.1. The number of benzene rings is 6. The lowest BCUT2D eigenvalue weighted by atomic mass is 9.72. The molecule has 48 heavy (non-hydrogen) atoms. The summed E-state index contributed by atoms with van der Waals surface area (Å²) in [6.45, 7) is 4.89. The first-order chi connectivity index (χ1) is 23.6. The standard InChI is InChI=1S/C46H34N2/c1-46(2)40-27-33(35-15-8-12-30-17-18-31-13-9-25-47-45(31)44(30)35)19-22-36(40)37-23-21-34(28-41(37)46)48-42-16-7-6-14-38(42)39-26-32(20-24-43(39)48)29-10-4-3-5-11-29/h3-26,28,40H,27H2,1-2H3. The van der Waals surface area contributed by atoms with Gasteiger partial charge in [0.2, 0.25) is 0 Å². The number of aromatic nitrogens is 2. The van der Waals surface area contributed by atoms with Crippen molar-refractivity contribution >= 4 is 54.6 Å². The average molecular weight is 615 g/mol. The van der Waals surface area contributed by atoms with E-state index < -0.39 is 0 Å². The van der Waals surface area contributed by atoms with E-state index >= 15 is 0 Å². The van der Waals surface area contributed by atoms with Gasteiger partial charge in [0.05, 0.1) is 16.6 Å². The van der Waals surface area contributed by atoms with E-state index in [1.165, 1.54) is 82.6 Å². The van der Waals surface area contributed by atoms with Crippen LogP contribution in [0.1, 0.15) is 37.0 Å². The predicted molar refractivity (Wildman–Crippen MR) is 203 cm³/mol. The molecule has 0 bridgehead atoms. The molecule has 8 aromatic rings. The molecule has 2 heterocycles. The zero-order valence-electron chi connectivity index (χ0n) is 27.1. The van der Waals surface area contributed by atoms with Crippen LogP contribution in [-0.2, 0) is 5.41 Å². The number of pyridine rings is 1. The molecule has 0 saturated heterocycles. The van der Waals surface area contributed by atoms with Crippen LogP contribution in [0, 0.1) is 5.92 Å². The summed E-state index contributed by atoms with van der Waals surface area (Å²) in [6.07, 6.45) is 7.70. The maximum atomic E-state index is 4.84. The Morgan fingerprint density at radius 1 is 0.625 bits per heavy atom. The van der Waals surface area contributed by atoms with Crippen molar-refractivity contribution in [2.24, 2.45) is 5.92 Å². The van der Waals surface area contributed by atoms with Gasteiger partial charge in [-0.3, -0.25) is 4.98 Å². The van der Waals surface area contributed by atoms with Gasteiger partial charge in [-0.05, 0) is 98.5 Å². The summed E-state index contributed by atoms with van der Waals surface area (Å²) in [6, 6.07) is 49.0. The Bertz CT molecular complexity index is 2670. The molecule has 0 amide bonds. The number of fused-ring (bicyclic) bond motifs is 9. The van der Waals surface area contributed by atoms with Gasteiger partial charge >= 0.3 is 0 Å². The minimum atomic E-state index is -0.0270. The van der Waals surface area contributed by atoms with Crippen LogP contribution >= 0.6 is 0 Å². The van der Waals surface area contributed by atoms with Crippen LogP contribution in [0.2, 0.25) is 0 Å². The smallest absolute Gasteiger partial charge is 0.0786 e. The molecule has 1 unspecified atom stereocenters. The Hall–Kier alpha value is -5.73. The van der Waals surface area contributed by atoms with Gasteiger partial charge in [0.15, 0.2) is 0 Å². The fourth-order valence-corrected chi connectivity index (χ4v) is 8.71. The lowest BCUT2D eigenvalue weighted by molar-refractivity contribution is 0.418. The number of hydrogen-bond donors (Lipinski definition) is 0. The van der Waals surface area contributed by atoms with E-state index in [4.69, 9.17) is 4.98 Å². The fourth-order valence-electron chi connectivity index (χ4n) is 8.71. The van der Waals surface area contributed by atoms with E-state index in [9.17, 15) is 0 Å². The minimum absolute atomic E-state index is 0.0270. The second-order valence-electron chi connectivity index (χ2n) is 14.0. The van der Waals surface area contributed by atoms with E-state index in [2.05, 4.69) is 158 Å². The van der Waals surface area contributed by atoms with Crippen molar-refractivity contribution in [3.63, 3.8) is 0 Å². The summed E-state index contributed by atoms with van der Waals surface area (Å²) in [7, 11) is 0. The van der Waals surface area contributed by atoms with Crippen LogP contribution in [0.3, 0.4) is 0 Å². The molecule has 0 fully saturated rings. The molecule has 10 rings (SSSR count). The molecule has 228 valence electrons. The summed E-state index contributed by atoms with van der Waals surface area (Å²) >= 11 is 0. The number of para-hydroxylation sites is 1. The van der Waals surface area contributed by atoms with Crippen molar-refractivity contribution in [1.82, 2.24) is 9.55 Å². The van der Waals surface area contributed by atoms with Crippen LogP contribution in [-0.4, -0.2) is 9.55 Å². The Morgan fingerprint density at radius 3 is 2.35 bits per heavy atom. The largest absolute Gasteiger partial charge is 0.309 e. The molecular formula is C46H34N2. The first-order valence-corrected chi connectivity index (χ1v) is 17.0. The molecule has 0 saturated carbocycles. The predicted octanol–water partition coefficient (Wildman–Crippen LogP) is 11.9. The monoisotopic (exact) mass is 614 g/mol. The van der Waals surface area contributed by atoms with Crippen LogP contribution in [0.25, 0.3) is 71.4 Å². The maximum Gasteiger partial charge on any atom is 0.0786 e. The van der Waals surface area contributed by atoms with Crippen molar-refractivity contribution in [2.75, 3.05) is 0 Å².